The number of allylic oxidation sites excluding steroid dienone is 1. The number of ether oxygens (including phenoxy) is 4. The van der Waals surface area contributed by atoms with Crippen molar-refractivity contribution in [1.82, 2.24) is 0 Å². The van der Waals surface area contributed by atoms with E-state index in [9.17, 15) is 9.59 Å². The normalized spacial score (nSPS) is 17.8. The van der Waals surface area contributed by atoms with Crippen molar-refractivity contribution < 1.29 is 28.5 Å². The third-order valence-electron chi connectivity index (χ3n) is 5.85. The van der Waals surface area contributed by atoms with Crippen LogP contribution in [0.1, 0.15) is 53.2 Å². The smallest absolute Gasteiger partial charge is 0.312 e. The predicted molar refractivity (Wildman–Crippen MR) is 127 cm³/mol. The molecule has 0 saturated carbocycles. The van der Waals surface area contributed by atoms with Crippen molar-refractivity contribution in [3.05, 3.63) is 88.7 Å². The quantitative estimate of drug-likeness (QED) is 0.285. The van der Waals surface area contributed by atoms with Gasteiger partial charge in [0.1, 0.15) is 23.0 Å². The molecule has 0 saturated heterocycles. The number of hydrogen-bond donors (Lipinski definition) is 0. The number of benzene rings is 3. The van der Waals surface area contributed by atoms with Gasteiger partial charge in [-0.05, 0) is 67.4 Å². The van der Waals surface area contributed by atoms with Crippen molar-refractivity contribution in [2.75, 3.05) is 7.11 Å². The number of carbonyl (C=O) groups excluding carboxylic acids is 2. The maximum Gasteiger partial charge on any atom is 0.312 e. The fourth-order valence-electron chi connectivity index (χ4n) is 4.29. The van der Waals surface area contributed by atoms with Gasteiger partial charge < -0.3 is 18.9 Å². The molecule has 3 aromatic rings. The van der Waals surface area contributed by atoms with Gasteiger partial charge in [-0.15, -0.1) is 0 Å². The summed E-state index contributed by atoms with van der Waals surface area (Å²) in [6, 6.07) is 18.3. The highest BCUT2D eigenvalue weighted by atomic mass is 16.5. The van der Waals surface area contributed by atoms with Crippen LogP contribution in [-0.2, 0) is 4.79 Å². The number of esters is 1. The average molecular weight is 456 g/mol. The lowest BCUT2D eigenvalue weighted by molar-refractivity contribution is -0.135. The number of methoxy groups -OCH3 is 1. The van der Waals surface area contributed by atoms with Crippen LogP contribution in [0, 0.1) is 0 Å². The summed E-state index contributed by atoms with van der Waals surface area (Å²) in [5, 5.41) is 0. The van der Waals surface area contributed by atoms with E-state index in [4.69, 9.17) is 18.9 Å². The molecule has 3 aromatic carbocycles. The van der Waals surface area contributed by atoms with Crippen LogP contribution in [0.2, 0.25) is 0 Å². The maximum absolute atomic E-state index is 13.1. The topological polar surface area (TPSA) is 71.1 Å². The lowest BCUT2D eigenvalue weighted by Gasteiger charge is -2.26. The molecule has 34 heavy (non-hydrogen) atoms. The van der Waals surface area contributed by atoms with Gasteiger partial charge in [0.05, 0.1) is 25.2 Å². The van der Waals surface area contributed by atoms with Crippen LogP contribution in [0.15, 0.2) is 66.4 Å². The summed E-state index contributed by atoms with van der Waals surface area (Å²) in [6.07, 6.45) is 1.92. The lowest BCUT2D eigenvalue weighted by atomic mass is 9.84. The maximum atomic E-state index is 13.1. The van der Waals surface area contributed by atoms with Gasteiger partial charge in [0.2, 0.25) is 5.78 Å². The Labute approximate surface area is 197 Å². The summed E-state index contributed by atoms with van der Waals surface area (Å²) < 4.78 is 22.6. The molecule has 0 bridgehead atoms. The Morgan fingerprint density at radius 1 is 0.912 bits per heavy atom. The molecular formula is C28H24O6. The minimum absolute atomic E-state index is 0.0647. The molecule has 0 N–H and O–H groups in total. The molecule has 0 aliphatic carbocycles. The fourth-order valence-corrected chi connectivity index (χ4v) is 4.29. The van der Waals surface area contributed by atoms with E-state index in [0.29, 0.717) is 22.6 Å². The summed E-state index contributed by atoms with van der Waals surface area (Å²) in [5.74, 6) is 1.75. The van der Waals surface area contributed by atoms with Crippen LogP contribution in [-0.4, -0.2) is 25.0 Å². The van der Waals surface area contributed by atoms with Gasteiger partial charge in [0.25, 0.3) is 0 Å². The monoisotopic (exact) mass is 456 g/mol. The number of rotatable bonds is 5. The highest BCUT2D eigenvalue weighted by Crippen LogP contribution is 2.49. The molecule has 0 amide bonds. The summed E-state index contributed by atoms with van der Waals surface area (Å²) >= 11 is 0. The number of Topliss-reactive ketones (excluding diaryl/α,β-unsaturated/α-hetero) is 1. The van der Waals surface area contributed by atoms with E-state index >= 15 is 0 Å². The van der Waals surface area contributed by atoms with E-state index in [1.165, 1.54) is 0 Å². The third kappa shape index (κ3) is 4.03. The van der Waals surface area contributed by atoms with Crippen LogP contribution in [0.25, 0.3) is 6.08 Å². The molecule has 1 unspecified atom stereocenters. The highest BCUT2D eigenvalue weighted by molar-refractivity contribution is 6.15. The standard InChI is InChI=1S/C28H24O6/c1-16(2)32-20-10-6-18(7-11-20)22-15-25(29)33-23-13-12-21-27(30)24(34-28(21)26(22)23)14-17-4-8-19(31-3)9-5-17/h4-14,16,22H,15H2,1-3H3. The van der Waals surface area contributed by atoms with Gasteiger partial charge >= 0.3 is 5.97 Å². The van der Waals surface area contributed by atoms with E-state index < -0.39 is 0 Å². The van der Waals surface area contributed by atoms with Crippen molar-refractivity contribution in [3.8, 4) is 23.0 Å². The molecule has 6 nitrogen and oxygen atoms in total. The minimum Gasteiger partial charge on any atom is -0.497 e. The molecule has 2 aliphatic heterocycles. The van der Waals surface area contributed by atoms with Crippen molar-refractivity contribution >= 4 is 17.8 Å². The number of ketones is 1. The van der Waals surface area contributed by atoms with Crippen LogP contribution in [0.5, 0.6) is 23.0 Å². The molecule has 6 heteroatoms. The van der Waals surface area contributed by atoms with E-state index in [1.54, 1.807) is 25.3 Å². The Morgan fingerprint density at radius 2 is 1.62 bits per heavy atom. The average Bonchev–Trinajstić information content (AvgIpc) is 3.14. The summed E-state index contributed by atoms with van der Waals surface area (Å²) in [7, 11) is 1.60. The van der Waals surface area contributed by atoms with Gasteiger partial charge in [0.15, 0.2) is 5.76 Å². The van der Waals surface area contributed by atoms with Gasteiger partial charge in [0, 0.05) is 11.5 Å². The van der Waals surface area contributed by atoms with E-state index in [1.807, 2.05) is 62.4 Å². The van der Waals surface area contributed by atoms with Crippen molar-refractivity contribution in [2.45, 2.75) is 32.3 Å². The van der Waals surface area contributed by atoms with Crippen molar-refractivity contribution in [2.24, 2.45) is 0 Å². The Bertz CT molecular complexity index is 1290. The molecular weight excluding hydrogens is 432 g/mol. The lowest BCUT2D eigenvalue weighted by Crippen LogP contribution is -2.21. The predicted octanol–water partition coefficient (Wildman–Crippen LogP) is 5.54. The second-order valence-corrected chi connectivity index (χ2v) is 8.53. The molecule has 1 atom stereocenters. The Balaban J connectivity index is 1.52. The minimum atomic E-state index is -0.321. The molecule has 0 fully saturated rings. The van der Waals surface area contributed by atoms with Crippen molar-refractivity contribution in [1.29, 1.82) is 0 Å². The molecule has 0 radical (unpaired) electrons. The fraction of sp³-hybridized carbons (Fsp3) is 0.214. The SMILES string of the molecule is COc1ccc(C=C2Oc3c(ccc4c3C(c3ccc(OC(C)C)cc3)CC(=O)O4)C2=O)cc1. The molecule has 2 heterocycles. The number of fused-ring (bicyclic) bond motifs is 3. The van der Waals surface area contributed by atoms with E-state index in [2.05, 4.69) is 0 Å². The van der Waals surface area contributed by atoms with Crippen LogP contribution in [0.4, 0.5) is 0 Å². The second kappa shape index (κ2) is 8.71. The Morgan fingerprint density at radius 3 is 2.29 bits per heavy atom. The van der Waals surface area contributed by atoms with E-state index in [0.717, 1.165) is 22.6 Å². The molecule has 5 rings (SSSR count). The summed E-state index contributed by atoms with van der Waals surface area (Å²) in [4.78, 5) is 25.5. The van der Waals surface area contributed by atoms with Gasteiger partial charge in [-0.2, -0.15) is 0 Å². The first-order valence-corrected chi connectivity index (χ1v) is 11.2. The Kier molecular flexibility index (Phi) is 5.57. The van der Waals surface area contributed by atoms with Crippen molar-refractivity contribution in [3.63, 3.8) is 0 Å². The largest absolute Gasteiger partial charge is 0.497 e. The summed E-state index contributed by atoms with van der Waals surface area (Å²) in [5.41, 5.74) is 2.91. The number of carbonyl (C=O) groups is 2. The van der Waals surface area contributed by atoms with Crippen LogP contribution in [0.3, 0.4) is 0 Å². The Hall–Kier alpha value is -4.06. The molecule has 2 aliphatic rings. The van der Waals surface area contributed by atoms with Crippen LogP contribution >= 0.6 is 0 Å². The first-order chi connectivity index (χ1) is 16.4. The first kappa shape index (κ1) is 21.8. The second-order valence-electron chi connectivity index (χ2n) is 8.53. The zero-order valence-corrected chi connectivity index (χ0v) is 19.2. The van der Waals surface area contributed by atoms with E-state index in [-0.39, 0.29) is 36.0 Å². The first-order valence-electron chi connectivity index (χ1n) is 11.2. The summed E-state index contributed by atoms with van der Waals surface area (Å²) in [6.45, 7) is 3.94. The zero-order chi connectivity index (χ0) is 23.8. The molecule has 0 spiro atoms. The van der Waals surface area contributed by atoms with Gasteiger partial charge in [-0.3, -0.25) is 9.59 Å². The zero-order valence-electron chi connectivity index (χ0n) is 19.2. The van der Waals surface area contributed by atoms with Gasteiger partial charge in [-0.1, -0.05) is 24.3 Å². The molecule has 0 aromatic heterocycles. The van der Waals surface area contributed by atoms with Gasteiger partial charge in [-0.25, -0.2) is 0 Å². The van der Waals surface area contributed by atoms with Crippen LogP contribution < -0.4 is 18.9 Å². The molecule has 172 valence electrons. The highest BCUT2D eigenvalue weighted by Gasteiger charge is 2.38. The number of hydrogen-bond acceptors (Lipinski definition) is 6. The third-order valence-corrected chi connectivity index (χ3v) is 5.85.